The number of aromatic nitrogens is 1. The third kappa shape index (κ3) is 3.30. The van der Waals surface area contributed by atoms with Gasteiger partial charge < -0.3 is 15.5 Å². The molecule has 0 aromatic carbocycles. The van der Waals surface area contributed by atoms with Crippen molar-refractivity contribution in [1.82, 2.24) is 10.3 Å². The van der Waals surface area contributed by atoms with Crippen LogP contribution in [-0.4, -0.2) is 15.9 Å². The number of hydrogen-bond acceptors (Lipinski definition) is 4. The first kappa shape index (κ1) is 12.6. The minimum absolute atomic E-state index is 0.180. The summed E-state index contributed by atoms with van der Waals surface area (Å²) in [7, 11) is 0. The summed E-state index contributed by atoms with van der Waals surface area (Å²) in [6, 6.07) is 0. The van der Waals surface area contributed by atoms with Crippen molar-refractivity contribution in [3.8, 4) is 0 Å². The molecule has 0 aliphatic rings. The Labute approximate surface area is 99.4 Å². The summed E-state index contributed by atoms with van der Waals surface area (Å²) >= 11 is 4.73. The summed E-state index contributed by atoms with van der Waals surface area (Å²) in [5, 5.41) is 2.65. The third-order valence-corrected chi connectivity index (χ3v) is 2.54. The molecule has 0 bridgehead atoms. The van der Waals surface area contributed by atoms with Crippen LogP contribution in [0.15, 0.2) is 10.6 Å². The monoisotopic (exact) mass is 241 g/mol. The number of amides is 1. The van der Waals surface area contributed by atoms with Crippen LogP contribution in [0, 0.1) is 5.92 Å². The average Bonchev–Trinajstić information content (AvgIpc) is 2.72. The Balaban J connectivity index is 2.45. The molecule has 0 aliphatic heterocycles. The lowest BCUT2D eigenvalue weighted by Crippen LogP contribution is -2.35. The van der Waals surface area contributed by atoms with E-state index in [1.807, 2.05) is 6.92 Å². The predicted molar refractivity (Wildman–Crippen MR) is 63.7 cm³/mol. The Bertz CT molecular complexity index is 389. The second-order valence-electron chi connectivity index (χ2n) is 3.42. The van der Waals surface area contributed by atoms with Gasteiger partial charge >= 0.3 is 0 Å². The van der Waals surface area contributed by atoms with Crippen molar-refractivity contribution in [3.05, 3.63) is 17.8 Å². The maximum absolute atomic E-state index is 11.5. The standard InChI is InChI=1S/C10H15N3O2S/c1-3-7-4-12-8(15-7)5-13-10(14)6(2)9(11)16/h4,6H,3,5H2,1-2H3,(H2,11,16)(H,13,14). The predicted octanol–water partition coefficient (Wildman–Crippen LogP) is 0.775. The fourth-order valence-corrected chi connectivity index (χ4v) is 1.15. The van der Waals surface area contributed by atoms with Gasteiger partial charge in [-0.1, -0.05) is 19.1 Å². The van der Waals surface area contributed by atoms with Gasteiger partial charge in [0.1, 0.15) is 5.76 Å². The second-order valence-corrected chi connectivity index (χ2v) is 3.89. The van der Waals surface area contributed by atoms with E-state index < -0.39 is 5.92 Å². The van der Waals surface area contributed by atoms with E-state index in [0.29, 0.717) is 5.89 Å². The van der Waals surface area contributed by atoms with E-state index in [4.69, 9.17) is 22.4 Å². The van der Waals surface area contributed by atoms with Crippen LogP contribution in [-0.2, 0) is 17.8 Å². The molecule has 1 unspecified atom stereocenters. The highest BCUT2D eigenvalue weighted by molar-refractivity contribution is 7.80. The second kappa shape index (κ2) is 5.60. The fraction of sp³-hybridized carbons (Fsp3) is 0.500. The van der Waals surface area contributed by atoms with E-state index in [0.717, 1.165) is 12.2 Å². The number of thiocarbonyl (C=S) groups is 1. The van der Waals surface area contributed by atoms with Gasteiger partial charge in [-0.2, -0.15) is 0 Å². The maximum Gasteiger partial charge on any atom is 0.230 e. The van der Waals surface area contributed by atoms with E-state index in [-0.39, 0.29) is 17.4 Å². The first-order valence-corrected chi connectivity index (χ1v) is 5.46. The van der Waals surface area contributed by atoms with Crippen molar-refractivity contribution in [2.45, 2.75) is 26.8 Å². The van der Waals surface area contributed by atoms with Crippen LogP contribution in [0.25, 0.3) is 0 Å². The molecule has 16 heavy (non-hydrogen) atoms. The molecule has 3 N–H and O–H groups in total. The van der Waals surface area contributed by atoms with Gasteiger partial charge in [0.15, 0.2) is 0 Å². The van der Waals surface area contributed by atoms with E-state index >= 15 is 0 Å². The number of hydrogen-bond donors (Lipinski definition) is 2. The molecule has 0 saturated carbocycles. The molecule has 0 saturated heterocycles. The molecule has 0 aliphatic carbocycles. The van der Waals surface area contributed by atoms with Gasteiger partial charge in [0.2, 0.25) is 11.8 Å². The number of aryl methyl sites for hydroxylation is 1. The van der Waals surface area contributed by atoms with Crippen LogP contribution in [0.5, 0.6) is 0 Å². The molecule has 1 aromatic rings. The minimum Gasteiger partial charge on any atom is -0.444 e. The molecule has 1 amide bonds. The number of carbonyl (C=O) groups excluding carboxylic acids is 1. The Hall–Kier alpha value is -1.43. The Kier molecular flexibility index (Phi) is 4.42. The van der Waals surface area contributed by atoms with Gasteiger partial charge in [-0.15, -0.1) is 0 Å². The van der Waals surface area contributed by atoms with Crippen molar-refractivity contribution in [2.24, 2.45) is 11.7 Å². The van der Waals surface area contributed by atoms with Crippen molar-refractivity contribution < 1.29 is 9.21 Å². The third-order valence-electron chi connectivity index (χ3n) is 2.18. The number of nitrogens with one attached hydrogen (secondary N) is 1. The van der Waals surface area contributed by atoms with Crippen LogP contribution in [0.4, 0.5) is 0 Å². The summed E-state index contributed by atoms with van der Waals surface area (Å²) in [5.41, 5.74) is 5.36. The van der Waals surface area contributed by atoms with Crippen molar-refractivity contribution >= 4 is 23.1 Å². The SMILES string of the molecule is CCc1cnc(CNC(=O)C(C)C(N)=S)o1. The highest BCUT2D eigenvalue weighted by atomic mass is 32.1. The van der Waals surface area contributed by atoms with Crippen molar-refractivity contribution in [2.75, 3.05) is 0 Å². The molecular formula is C10H15N3O2S. The molecule has 1 atom stereocenters. The first-order chi connectivity index (χ1) is 7.54. The van der Waals surface area contributed by atoms with Crippen LogP contribution in [0.3, 0.4) is 0 Å². The molecule has 6 heteroatoms. The smallest absolute Gasteiger partial charge is 0.230 e. The lowest BCUT2D eigenvalue weighted by atomic mass is 10.2. The number of rotatable bonds is 5. The quantitative estimate of drug-likeness (QED) is 0.744. The van der Waals surface area contributed by atoms with Gasteiger partial charge in [0.25, 0.3) is 0 Å². The van der Waals surface area contributed by atoms with Gasteiger partial charge in [-0.05, 0) is 6.92 Å². The first-order valence-electron chi connectivity index (χ1n) is 5.05. The summed E-state index contributed by atoms with van der Waals surface area (Å²) in [4.78, 5) is 15.7. The molecule has 0 spiro atoms. The highest BCUT2D eigenvalue weighted by Crippen LogP contribution is 2.04. The van der Waals surface area contributed by atoms with Gasteiger partial charge in [0.05, 0.1) is 23.6 Å². The Morgan fingerprint density at radius 1 is 1.75 bits per heavy atom. The Morgan fingerprint density at radius 3 is 2.94 bits per heavy atom. The number of nitrogens with zero attached hydrogens (tertiary/aromatic N) is 1. The molecule has 0 radical (unpaired) electrons. The van der Waals surface area contributed by atoms with E-state index in [9.17, 15) is 4.79 Å². The topological polar surface area (TPSA) is 81.2 Å². The van der Waals surface area contributed by atoms with E-state index in [2.05, 4.69) is 10.3 Å². The van der Waals surface area contributed by atoms with E-state index in [1.165, 1.54) is 0 Å². The van der Waals surface area contributed by atoms with Crippen molar-refractivity contribution in [1.29, 1.82) is 0 Å². The minimum atomic E-state index is -0.476. The van der Waals surface area contributed by atoms with Crippen LogP contribution >= 0.6 is 12.2 Å². The van der Waals surface area contributed by atoms with Crippen molar-refractivity contribution in [3.63, 3.8) is 0 Å². The summed E-state index contributed by atoms with van der Waals surface area (Å²) < 4.78 is 5.33. The van der Waals surface area contributed by atoms with Gasteiger partial charge in [-0.25, -0.2) is 4.98 Å². The zero-order chi connectivity index (χ0) is 12.1. The molecule has 1 heterocycles. The molecule has 1 rings (SSSR count). The highest BCUT2D eigenvalue weighted by Gasteiger charge is 2.15. The lowest BCUT2D eigenvalue weighted by Gasteiger charge is -2.08. The molecule has 0 fully saturated rings. The van der Waals surface area contributed by atoms with Crippen LogP contribution < -0.4 is 11.1 Å². The largest absolute Gasteiger partial charge is 0.444 e. The van der Waals surface area contributed by atoms with Gasteiger partial charge in [0, 0.05) is 6.42 Å². The molecule has 5 nitrogen and oxygen atoms in total. The normalized spacial score (nSPS) is 12.1. The van der Waals surface area contributed by atoms with Crippen LogP contribution in [0.2, 0.25) is 0 Å². The lowest BCUT2D eigenvalue weighted by molar-refractivity contribution is -0.122. The zero-order valence-corrected chi connectivity index (χ0v) is 10.1. The maximum atomic E-state index is 11.5. The molecule has 1 aromatic heterocycles. The number of nitrogens with two attached hydrogens (primary N) is 1. The fourth-order valence-electron chi connectivity index (χ4n) is 1.04. The number of oxazole rings is 1. The molecular weight excluding hydrogens is 226 g/mol. The number of carbonyl (C=O) groups is 1. The van der Waals surface area contributed by atoms with Crippen LogP contribution in [0.1, 0.15) is 25.5 Å². The summed E-state index contributed by atoms with van der Waals surface area (Å²) in [5.74, 6) is 0.589. The summed E-state index contributed by atoms with van der Waals surface area (Å²) in [6.07, 6.45) is 2.43. The van der Waals surface area contributed by atoms with E-state index in [1.54, 1.807) is 13.1 Å². The summed E-state index contributed by atoms with van der Waals surface area (Å²) in [6.45, 7) is 3.88. The molecule has 88 valence electrons. The Morgan fingerprint density at radius 2 is 2.44 bits per heavy atom. The average molecular weight is 241 g/mol. The zero-order valence-electron chi connectivity index (χ0n) is 9.32. The van der Waals surface area contributed by atoms with Gasteiger partial charge in [-0.3, -0.25) is 4.79 Å².